The van der Waals surface area contributed by atoms with Crippen molar-refractivity contribution in [3.8, 4) is 11.5 Å². The standard InChI is InChI=1S/C28H29N3O3S/c1-16-13-14-20(18(3)15-16)29-26(32)23-24-19-10-8-12-22(33-5)25(19)34-28(23,4)31(27(35)30-24)21-11-7-6-9-17(21)2/h6-15,23-24H,1-5H3,(H,29,32)(H,30,35)/t23-,24+,28+/m0/s1. The van der Waals surface area contributed by atoms with Gasteiger partial charge < -0.3 is 20.1 Å². The second kappa shape index (κ2) is 8.57. The Morgan fingerprint density at radius 2 is 1.86 bits per heavy atom. The summed E-state index contributed by atoms with van der Waals surface area (Å²) >= 11 is 5.86. The molecule has 0 aliphatic carbocycles. The van der Waals surface area contributed by atoms with E-state index in [2.05, 4.69) is 16.7 Å². The molecule has 0 spiro atoms. The van der Waals surface area contributed by atoms with Crippen LogP contribution in [-0.2, 0) is 4.79 Å². The van der Waals surface area contributed by atoms with Crippen molar-refractivity contribution in [2.45, 2.75) is 39.5 Å². The van der Waals surface area contributed by atoms with Gasteiger partial charge in [-0.25, -0.2) is 0 Å². The van der Waals surface area contributed by atoms with E-state index in [0.29, 0.717) is 16.6 Å². The molecule has 180 valence electrons. The number of hydrogen-bond acceptors (Lipinski definition) is 4. The highest BCUT2D eigenvalue weighted by atomic mass is 32.1. The molecule has 1 amide bonds. The van der Waals surface area contributed by atoms with Crippen LogP contribution in [0.15, 0.2) is 60.7 Å². The number of amides is 1. The Hall–Kier alpha value is -3.58. The van der Waals surface area contributed by atoms with Crippen LogP contribution in [0.1, 0.15) is 35.2 Å². The predicted molar refractivity (Wildman–Crippen MR) is 142 cm³/mol. The maximum atomic E-state index is 14.0. The highest BCUT2D eigenvalue weighted by molar-refractivity contribution is 7.80. The number of rotatable bonds is 4. The van der Waals surface area contributed by atoms with E-state index in [9.17, 15) is 4.79 Å². The normalized spacial score (nSPS) is 22.5. The molecule has 2 bridgehead atoms. The number of nitrogens with zero attached hydrogens (tertiary/aromatic N) is 1. The van der Waals surface area contributed by atoms with Gasteiger partial charge in [0.2, 0.25) is 5.91 Å². The summed E-state index contributed by atoms with van der Waals surface area (Å²) in [6.45, 7) is 7.99. The minimum Gasteiger partial charge on any atom is -0.493 e. The fraction of sp³-hybridized carbons (Fsp3) is 0.286. The van der Waals surface area contributed by atoms with E-state index in [0.717, 1.165) is 33.6 Å². The van der Waals surface area contributed by atoms with Crippen molar-refractivity contribution in [2.24, 2.45) is 5.92 Å². The summed E-state index contributed by atoms with van der Waals surface area (Å²) in [5.74, 6) is 0.471. The van der Waals surface area contributed by atoms with Gasteiger partial charge in [0.15, 0.2) is 22.3 Å². The molecular formula is C28H29N3O3S. The summed E-state index contributed by atoms with van der Waals surface area (Å²) in [6.07, 6.45) is 0. The van der Waals surface area contributed by atoms with Crippen LogP contribution in [-0.4, -0.2) is 23.9 Å². The molecule has 1 fully saturated rings. The third kappa shape index (κ3) is 3.71. The molecule has 3 aromatic rings. The Kier molecular flexibility index (Phi) is 5.68. The average molecular weight is 488 g/mol. The van der Waals surface area contributed by atoms with Crippen LogP contribution in [0.25, 0.3) is 0 Å². The molecule has 0 unspecified atom stereocenters. The predicted octanol–water partition coefficient (Wildman–Crippen LogP) is 5.42. The van der Waals surface area contributed by atoms with E-state index < -0.39 is 17.7 Å². The molecule has 35 heavy (non-hydrogen) atoms. The lowest BCUT2D eigenvalue weighted by atomic mass is 9.78. The van der Waals surface area contributed by atoms with Crippen molar-refractivity contribution >= 4 is 34.6 Å². The van der Waals surface area contributed by atoms with Crippen molar-refractivity contribution in [1.29, 1.82) is 0 Å². The molecule has 2 aliphatic rings. The van der Waals surface area contributed by atoms with E-state index in [4.69, 9.17) is 21.7 Å². The van der Waals surface area contributed by atoms with Crippen LogP contribution in [0.3, 0.4) is 0 Å². The van der Waals surface area contributed by atoms with Crippen molar-refractivity contribution in [3.05, 3.63) is 82.9 Å². The topological polar surface area (TPSA) is 62.8 Å². The number of anilines is 2. The number of hydrogen-bond donors (Lipinski definition) is 2. The number of carbonyl (C=O) groups is 1. The average Bonchev–Trinajstić information content (AvgIpc) is 2.81. The first-order chi connectivity index (χ1) is 16.7. The molecule has 2 N–H and O–H groups in total. The zero-order valence-corrected chi connectivity index (χ0v) is 21.3. The van der Waals surface area contributed by atoms with Gasteiger partial charge in [-0.15, -0.1) is 0 Å². The van der Waals surface area contributed by atoms with Crippen LogP contribution in [0.5, 0.6) is 11.5 Å². The third-order valence-electron chi connectivity index (χ3n) is 6.99. The number of ether oxygens (including phenoxy) is 2. The number of thiocarbonyl (C=S) groups is 1. The van der Waals surface area contributed by atoms with E-state index in [1.165, 1.54) is 0 Å². The maximum Gasteiger partial charge on any atom is 0.236 e. The van der Waals surface area contributed by atoms with Crippen molar-refractivity contribution in [1.82, 2.24) is 5.32 Å². The molecule has 3 atom stereocenters. The second-order valence-corrected chi connectivity index (χ2v) is 9.76. The molecule has 0 aromatic heterocycles. The molecule has 6 nitrogen and oxygen atoms in total. The molecule has 0 radical (unpaired) electrons. The molecule has 1 saturated heterocycles. The quantitative estimate of drug-likeness (QED) is 0.479. The van der Waals surface area contributed by atoms with Crippen molar-refractivity contribution in [3.63, 3.8) is 0 Å². The number of benzene rings is 3. The maximum absolute atomic E-state index is 14.0. The molecule has 2 aliphatic heterocycles. The fourth-order valence-corrected chi connectivity index (χ4v) is 5.68. The molecular weight excluding hydrogens is 458 g/mol. The van der Waals surface area contributed by atoms with E-state index in [1.54, 1.807) is 7.11 Å². The molecule has 3 aromatic carbocycles. The Labute approximate surface area is 211 Å². The molecule has 7 heteroatoms. The van der Waals surface area contributed by atoms with E-state index in [-0.39, 0.29) is 5.91 Å². The minimum atomic E-state index is -1.11. The highest BCUT2D eigenvalue weighted by Crippen LogP contribution is 2.52. The first-order valence-corrected chi connectivity index (χ1v) is 12.1. The van der Waals surface area contributed by atoms with Gasteiger partial charge in [-0.1, -0.05) is 48.0 Å². The van der Waals surface area contributed by atoms with Crippen LogP contribution < -0.4 is 25.0 Å². The molecule has 0 saturated carbocycles. The largest absolute Gasteiger partial charge is 0.493 e. The second-order valence-electron chi connectivity index (χ2n) is 9.37. The first kappa shape index (κ1) is 23.2. The van der Waals surface area contributed by atoms with Crippen LogP contribution in [0, 0.1) is 26.7 Å². The van der Waals surface area contributed by atoms with Crippen LogP contribution in [0.2, 0.25) is 0 Å². The van der Waals surface area contributed by atoms with Gasteiger partial charge in [0.05, 0.1) is 13.2 Å². The zero-order chi connectivity index (χ0) is 24.9. The highest BCUT2D eigenvalue weighted by Gasteiger charge is 2.59. The number of carbonyl (C=O) groups excluding carboxylic acids is 1. The van der Waals surface area contributed by atoms with Gasteiger partial charge in [-0.3, -0.25) is 9.69 Å². The van der Waals surface area contributed by atoms with Gasteiger partial charge >= 0.3 is 0 Å². The SMILES string of the molecule is COc1cccc2c1O[C@]1(C)[C@H](C(=O)Nc3ccc(C)cc3C)[C@@H]2NC(=S)N1c1ccccc1C. The monoisotopic (exact) mass is 487 g/mol. The summed E-state index contributed by atoms with van der Waals surface area (Å²) in [7, 11) is 1.62. The lowest BCUT2D eigenvalue weighted by Gasteiger charge is -2.56. The number of para-hydroxylation sites is 2. The van der Waals surface area contributed by atoms with Crippen molar-refractivity contribution < 1.29 is 14.3 Å². The number of fused-ring (bicyclic) bond motifs is 4. The Balaban J connectivity index is 1.66. The Morgan fingerprint density at radius 3 is 2.57 bits per heavy atom. The van der Waals surface area contributed by atoms with Crippen LogP contribution >= 0.6 is 12.2 Å². The summed E-state index contributed by atoms with van der Waals surface area (Å²) in [5.41, 5.74) is 4.57. The van der Waals surface area contributed by atoms with Gasteiger partial charge in [-0.2, -0.15) is 0 Å². The molecule has 2 heterocycles. The number of methoxy groups -OCH3 is 1. The summed E-state index contributed by atoms with van der Waals surface area (Å²) in [4.78, 5) is 16.0. The van der Waals surface area contributed by atoms with Gasteiger partial charge in [0.1, 0.15) is 5.92 Å². The first-order valence-electron chi connectivity index (χ1n) is 11.6. The lowest BCUT2D eigenvalue weighted by molar-refractivity contribution is -0.130. The summed E-state index contributed by atoms with van der Waals surface area (Å²) in [5, 5.41) is 7.13. The van der Waals surface area contributed by atoms with E-state index in [1.807, 2.05) is 87.2 Å². The number of aryl methyl sites for hydroxylation is 3. The summed E-state index contributed by atoms with van der Waals surface area (Å²) in [6, 6.07) is 19.3. The smallest absolute Gasteiger partial charge is 0.236 e. The third-order valence-corrected chi connectivity index (χ3v) is 7.29. The van der Waals surface area contributed by atoms with E-state index >= 15 is 0 Å². The lowest BCUT2D eigenvalue weighted by Crippen LogP contribution is -2.72. The Bertz CT molecular complexity index is 1340. The van der Waals surface area contributed by atoms with Crippen molar-refractivity contribution in [2.75, 3.05) is 17.3 Å². The van der Waals surface area contributed by atoms with Gasteiger partial charge in [0, 0.05) is 16.9 Å². The van der Waals surface area contributed by atoms with Gasteiger partial charge in [-0.05, 0) is 69.2 Å². The summed E-state index contributed by atoms with van der Waals surface area (Å²) < 4.78 is 12.4. The minimum absolute atomic E-state index is 0.147. The fourth-order valence-electron chi connectivity index (χ4n) is 5.27. The Morgan fingerprint density at radius 1 is 1.09 bits per heavy atom. The van der Waals surface area contributed by atoms with Gasteiger partial charge in [0.25, 0.3) is 0 Å². The number of nitrogens with one attached hydrogen (secondary N) is 2. The van der Waals surface area contributed by atoms with Crippen LogP contribution in [0.4, 0.5) is 11.4 Å². The molecule has 5 rings (SSSR count). The zero-order valence-electron chi connectivity index (χ0n) is 20.5.